The van der Waals surface area contributed by atoms with Crippen LogP contribution in [0.25, 0.3) is 0 Å². The zero-order valence-electron chi connectivity index (χ0n) is 13.5. The van der Waals surface area contributed by atoms with E-state index in [9.17, 15) is 9.59 Å². The highest BCUT2D eigenvalue weighted by Gasteiger charge is 2.46. The van der Waals surface area contributed by atoms with Crippen molar-refractivity contribution >= 4 is 12.2 Å². The molecule has 2 aliphatic heterocycles. The van der Waals surface area contributed by atoms with Crippen molar-refractivity contribution in [2.45, 2.75) is 31.2 Å². The van der Waals surface area contributed by atoms with Crippen molar-refractivity contribution in [1.29, 1.82) is 0 Å². The Morgan fingerprint density at radius 3 is 2.70 bits per heavy atom. The predicted octanol–water partition coefficient (Wildman–Crippen LogP) is 2.22. The molecule has 1 aromatic carbocycles. The highest BCUT2D eigenvalue weighted by atomic mass is 16.5. The number of methoxy groups -OCH3 is 2. The van der Waals surface area contributed by atoms with Crippen molar-refractivity contribution in [2.75, 3.05) is 20.8 Å². The summed E-state index contributed by atoms with van der Waals surface area (Å²) in [6.07, 6.45) is 7.32. The van der Waals surface area contributed by atoms with E-state index in [1.165, 1.54) is 5.56 Å². The van der Waals surface area contributed by atoms with Gasteiger partial charge in [-0.25, -0.2) is 0 Å². The number of ether oxygens (including phenoxy) is 2. The second kappa shape index (κ2) is 6.07. The number of unbranched alkanes of at least 4 members (excludes halogenated alkanes) is 1. The lowest BCUT2D eigenvalue weighted by molar-refractivity contribution is -0.129. The van der Waals surface area contributed by atoms with Crippen molar-refractivity contribution < 1.29 is 19.1 Å². The minimum absolute atomic E-state index is 0.0385. The molecule has 0 saturated carbocycles. The lowest BCUT2D eigenvalue weighted by Crippen LogP contribution is -2.48. The maximum atomic E-state index is 12.2. The Morgan fingerprint density at radius 2 is 2.00 bits per heavy atom. The molecule has 3 rings (SSSR count). The number of rotatable bonds is 6. The summed E-state index contributed by atoms with van der Waals surface area (Å²) >= 11 is 0. The van der Waals surface area contributed by atoms with Gasteiger partial charge >= 0.3 is 0 Å². The van der Waals surface area contributed by atoms with Crippen LogP contribution >= 0.6 is 0 Å². The van der Waals surface area contributed by atoms with E-state index in [2.05, 4.69) is 0 Å². The SMILES string of the molecule is COc1cc2c(cc1OC)[C@]1(CCCC=O)C=CC(=O)N1CC2. The van der Waals surface area contributed by atoms with Gasteiger partial charge in [-0.2, -0.15) is 0 Å². The topological polar surface area (TPSA) is 55.8 Å². The van der Waals surface area contributed by atoms with Crippen LogP contribution in [-0.4, -0.2) is 37.9 Å². The second-order valence-corrected chi connectivity index (χ2v) is 5.92. The third-order valence-corrected chi connectivity index (χ3v) is 4.81. The Morgan fingerprint density at radius 1 is 1.26 bits per heavy atom. The summed E-state index contributed by atoms with van der Waals surface area (Å²) in [4.78, 5) is 24.9. The van der Waals surface area contributed by atoms with E-state index in [4.69, 9.17) is 9.47 Å². The Kier molecular flexibility index (Phi) is 4.11. The molecular formula is C18H21NO4. The van der Waals surface area contributed by atoms with E-state index in [1.54, 1.807) is 20.3 Å². The molecule has 1 amide bonds. The molecule has 1 atom stereocenters. The van der Waals surface area contributed by atoms with Gasteiger partial charge in [0.15, 0.2) is 11.5 Å². The van der Waals surface area contributed by atoms with Gasteiger partial charge in [0.2, 0.25) is 5.91 Å². The van der Waals surface area contributed by atoms with Crippen molar-refractivity contribution in [3.8, 4) is 11.5 Å². The van der Waals surface area contributed by atoms with Crippen LogP contribution in [0.1, 0.15) is 30.4 Å². The van der Waals surface area contributed by atoms with Gasteiger partial charge in [-0.3, -0.25) is 4.79 Å². The summed E-state index contributed by atoms with van der Waals surface area (Å²) in [5, 5.41) is 0. The Balaban J connectivity index is 2.09. The van der Waals surface area contributed by atoms with Crippen LogP contribution < -0.4 is 9.47 Å². The molecule has 0 N–H and O–H groups in total. The van der Waals surface area contributed by atoms with Crippen LogP contribution in [0, 0.1) is 0 Å². The minimum atomic E-state index is -0.465. The van der Waals surface area contributed by atoms with Gasteiger partial charge in [-0.05, 0) is 48.6 Å². The van der Waals surface area contributed by atoms with Crippen molar-refractivity contribution in [3.63, 3.8) is 0 Å². The monoisotopic (exact) mass is 315 g/mol. The molecule has 0 fully saturated rings. The summed E-state index contributed by atoms with van der Waals surface area (Å²) in [7, 11) is 3.23. The van der Waals surface area contributed by atoms with Crippen LogP contribution in [0.2, 0.25) is 0 Å². The first-order valence-electron chi connectivity index (χ1n) is 7.86. The van der Waals surface area contributed by atoms with E-state index in [-0.39, 0.29) is 5.91 Å². The van der Waals surface area contributed by atoms with Gasteiger partial charge in [-0.15, -0.1) is 0 Å². The van der Waals surface area contributed by atoms with E-state index in [0.29, 0.717) is 24.5 Å². The maximum Gasteiger partial charge on any atom is 0.247 e. The number of nitrogens with zero attached hydrogens (tertiary/aromatic N) is 1. The van der Waals surface area contributed by atoms with Crippen molar-refractivity contribution in [2.24, 2.45) is 0 Å². The zero-order chi connectivity index (χ0) is 16.4. The molecule has 5 nitrogen and oxygen atoms in total. The second-order valence-electron chi connectivity index (χ2n) is 5.92. The molecule has 0 unspecified atom stereocenters. The summed E-state index contributed by atoms with van der Waals surface area (Å²) in [6.45, 7) is 0.676. The van der Waals surface area contributed by atoms with Crippen LogP contribution in [-0.2, 0) is 21.5 Å². The van der Waals surface area contributed by atoms with Gasteiger partial charge in [-0.1, -0.05) is 0 Å². The molecular weight excluding hydrogens is 294 g/mol. The fourth-order valence-corrected chi connectivity index (χ4v) is 3.70. The number of fused-ring (bicyclic) bond motifs is 3. The van der Waals surface area contributed by atoms with E-state index in [0.717, 1.165) is 31.1 Å². The lowest BCUT2D eigenvalue weighted by Gasteiger charge is -2.43. The number of carbonyl (C=O) groups excluding carboxylic acids is 2. The van der Waals surface area contributed by atoms with E-state index in [1.807, 2.05) is 23.1 Å². The highest BCUT2D eigenvalue weighted by Crippen LogP contribution is 2.47. The first-order chi connectivity index (χ1) is 11.2. The number of aldehydes is 1. The molecule has 2 heterocycles. The highest BCUT2D eigenvalue weighted by molar-refractivity contribution is 5.92. The summed E-state index contributed by atoms with van der Waals surface area (Å²) in [5.74, 6) is 1.41. The average Bonchev–Trinajstić information content (AvgIpc) is 2.91. The van der Waals surface area contributed by atoms with Crippen LogP contribution in [0.15, 0.2) is 24.3 Å². The first kappa shape index (κ1) is 15.6. The van der Waals surface area contributed by atoms with Gasteiger partial charge in [0, 0.05) is 19.0 Å². The molecule has 0 spiro atoms. The standard InChI is InChI=1S/C18H21NO4/c1-22-15-11-13-6-9-19-17(21)5-8-18(19,7-3-4-10-20)14(13)12-16(15)23-2/h5,8,10-12H,3-4,6-7,9H2,1-2H3/t18-/m0/s1. The smallest absolute Gasteiger partial charge is 0.247 e. The number of benzene rings is 1. The van der Waals surface area contributed by atoms with Crippen LogP contribution in [0.4, 0.5) is 0 Å². The number of carbonyl (C=O) groups is 2. The zero-order valence-corrected chi connectivity index (χ0v) is 13.5. The Hall–Kier alpha value is -2.30. The van der Waals surface area contributed by atoms with Crippen molar-refractivity contribution in [1.82, 2.24) is 4.90 Å². The normalized spacial score (nSPS) is 21.8. The molecule has 0 aromatic heterocycles. The molecule has 2 aliphatic rings. The summed E-state index contributed by atoms with van der Waals surface area (Å²) in [5.41, 5.74) is 1.78. The molecule has 0 aliphatic carbocycles. The van der Waals surface area contributed by atoms with E-state index < -0.39 is 5.54 Å². The van der Waals surface area contributed by atoms with Crippen LogP contribution in [0.5, 0.6) is 11.5 Å². The maximum absolute atomic E-state index is 12.2. The average molecular weight is 315 g/mol. The quantitative estimate of drug-likeness (QED) is 0.597. The van der Waals surface area contributed by atoms with Gasteiger partial charge in [0.1, 0.15) is 6.29 Å². The Bertz CT molecular complexity index is 667. The molecule has 0 bridgehead atoms. The lowest BCUT2D eigenvalue weighted by atomic mass is 9.78. The number of amides is 1. The van der Waals surface area contributed by atoms with Crippen LogP contribution in [0.3, 0.4) is 0 Å². The van der Waals surface area contributed by atoms with E-state index >= 15 is 0 Å². The predicted molar refractivity (Wildman–Crippen MR) is 85.7 cm³/mol. The number of hydrogen-bond donors (Lipinski definition) is 0. The van der Waals surface area contributed by atoms with Gasteiger partial charge < -0.3 is 19.2 Å². The fraction of sp³-hybridized carbons (Fsp3) is 0.444. The summed E-state index contributed by atoms with van der Waals surface area (Å²) in [6, 6.07) is 3.98. The Labute approximate surface area is 135 Å². The van der Waals surface area contributed by atoms with Crippen molar-refractivity contribution in [3.05, 3.63) is 35.4 Å². The minimum Gasteiger partial charge on any atom is -0.493 e. The third kappa shape index (κ3) is 2.40. The number of hydrogen-bond acceptors (Lipinski definition) is 4. The fourth-order valence-electron chi connectivity index (χ4n) is 3.70. The third-order valence-electron chi connectivity index (χ3n) is 4.81. The molecule has 122 valence electrons. The largest absolute Gasteiger partial charge is 0.493 e. The molecule has 0 saturated heterocycles. The molecule has 23 heavy (non-hydrogen) atoms. The van der Waals surface area contributed by atoms with Gasteiger partial charge in [0.25, 0.3) is 0 Å². The summed E-state index contributed by atoms with van der Waals surface area (Å²) < 4.78 is 10.8. The molecule has 5 heteroatoms. The molecule has 1 aromatic rings. The molecule has 0 radical (unpaired) electrons. The first-order valence-corrected chi connectivity index (χ1v) is 7.86. The van der Waals surface area contributed by atoms with Gasteiger partial charge in [0.05, 0.1) is 19.8 Å².